The van der Waals surface area contributed by atoms with Crippen LogP contribution in [-0.4, -0.2) is 27.2 Å². The summed E-state index contributed by atoms with van der Waals surface area (Å²) in [5, 5.41) is 0. The van der Waals surface area contributed by atoms with Gasteiger partial charge in [-0.05, 0) is 0 Å². The molecule has 52 heavy (non-hydrogen) atoms. The third-order valence-electron chi connectivity index (χ3n) is 13.3. The van der Waals surface area contributed by atoms with Crippen molar-refractivity contribution in [2.24, 2.45) is 0 Å². The van der Waals surface area contributed by atoms with E-state index in [1.54, 1.807) is 0 Å². The van der Waals surface area contributed by atoms with E-state index in [1.807, 2.05) is 0 Å². The Bertz CT molecular complexity index is 1910. The van der Waals surface area contributed by atoms with E-state index in [4.69, 9.17) is 7.53 Å². The van der Waals surface area contributed by atoms with Crippen LogP contribution in [0.4, 0.5) is 0 Å². The quantitative estimate of drug-likeness (QED) is 0.191. The van der Waals surface area contributed by atoms with Gasteiger partial charge in [0.2, 0.25) is 0 Å². The van der Waals surface area contributed by atoms with Crippen LogP contribution in [0.15, 0.2) is 71.2 Å². The summed E-state index contributed by atoms with van der Waals surface area (Å²) in [5.74, 6) is 2.49. The molecule has 272 valence electrons. The molecule has 0 aromatic heterocycles. The maximum absolute atomic E-state index is 8.05. The van der Waals surface area contributed by atoms with E-state index in [0.29, 0.717) is 0 Å². The second-order valence-corrected chi connectivity index (χ2v) is 34.1. The normalized spacial score (nSPS) is 19.4. The van der Waals surface area contributed by atoms with Gasteiger partial charge in [0.25, 0.3) is 0 Å². The summed E-state index contributed by atoms with van der Waals surface area (Å²) in [4.78, 5) is 0. The van der Waals surface area contributed by atoms with Gasteiger partial charge in [0.1, 0.15) is 0 Å². The molecule has 3 aliphatic rings. The summed E-state index contributed by atoms with van der Waals surface area (Å²) >= 11 is -7.39. The third-order valence-corrected chi connectivity index (χ3v) is 36.8. The van der Waals surface area contributed by atoms with Gasteiger partial charge in [0, 0.05) is 0 Å². The predicted molar refractivity (Wildman–Crippen MR) is 226 cm³/mol. The second-order valence-electron chi connectivity index (χ2n) is 18.1. The fraction of sp³-hybridized carbons (Fsp3) is 0.417. The first-order valence-corrected chi connectivity index (χ1v) is 27.4. The topological polar surface area (TPSA) is 18.5 Å². The van der Waals surface area contributed by atoms with Gasteiger partial charge in [-0.15, -0.1) is 0 Å². The molecular formula is C48H60Ge2O2. The van der Waals surface area contributed by atoms with Crippen molar-refractivity contribution in [1.29, 1.82) is 0 Å². The molecule has 1 aliphatic carbocycles. The molecule has 0 fully saturated rings. The van der Waals surface area contributed by atoms with E-state index in [0.717, 1.165) is 12.8 Å². The van der Waals surface area contributed by atoms with Gasteiger partial charge in [-0.3, -0.25) is 0 Å². The molecule has 0 unspecified atom stereocenters. The Morgan fingerprint density at radius 3 is 0.750 bits per heavy atom. The average Bonchev–Trinajstić information content (AvgIpc) is 3.33. The molecule has 0 N–H and O–H groups in total. The molecule has 2 nitrogen and oxygen atoms in total. The fourth-order valence-electron chi connectivity index (χ4n) is 11.8. The molecule has 0 amide bonds. The number of allylic oxidation sites excluding steroid dienone is 2. The zero-order chi connectivity index (χ0) is 38.0. The van der Waals surface area contributed by atoms with E-state index in [1.165, 1.54) is 107 Å². The van der Waals surface area contributed by atoms with Gasteiger partial charge in [-0.1, -0.05) is 0 Å². The van der Waals surface area contributed by atoms with Crippen LogP contribution in [0.5, 0.6) is 0 Å². The van der Waals surface area contributed by atoms with Crippen molar-refractivity contribution in [3.63, 3.8) is 0 Å². The minimum atomic E-state index is -3.70. The van der Waals surface area contributed by atoms with Crippen LogP contribution < -0.4 is 17.6 Å². The molecule has 0 atom stereocenters. The number of hydrogen-bond donors (Lipinski definition) is 0. The van der Waals surface area contributed by atoms with E-state index in [2.05, 4.69) is 159 Å². The van der Waals surface area contributed by atoms with Gasteiger partial charge in [0.15, 0.2) is 0 Å². The summed E-state index contributed by atoms with van der Waals surface area (Å²) in [6.45, 7) is 37.8. The second kappa shape index (κ2) is 12.3. The standard InChI is InChI=1S/C48H60Ge2O2/c1-27-17-31(5)43(32(6)18-27)49(44-33(7)19-28(2)20-34(44)8)47(13,14)39-25-42-40(26-41(39)51-49)48(15,16)50(52-42,45-35(9)21-29(3)22-36(45)10)46-37(11)23-30(4)24-38(46)12/h17-24H,25-26H2,1-16H3. The van der Waals surface area contributed by atoms with Crippen molar-refractivity contribution < 1.29 is 7.53 Å². The molecular weight excluding hydrogens is 754 g/mol. The van der Waals surface area contributed by atoms with Crippen LogP contribution in [0.2, 0.25) is 8.49 Å². The molecule has 7 rings (SSSR count). The van der Waals surface area contributed by atoms with Crippen LogP contribution in [0.3, 0.4) is 0 Å². The van der Waals surface area contributed by atoms with Crippen molar-refractivity contribution in [2.45, 2.75) is 132 Å². The third kappa shape index (κ3) is 5.01. The molecule has 0 spiro atoms. The average molecular weight is 814 g/mol. The molecule has 4 heteroatoms. The Balaban J connectivity index is 1.45. The Hall–Kier alpha value is -2.95. The molecule has 0 bridgehead atoms. The fourth-order valence-corrected chi connectivity index (χ4v) is 35.6. The van der Waals surface area contributed by atoms with Crippen molar-refractivity contribution in [2.75, 3.05) is 0 Å². The van der Waals surface area contributed by atoms with E-state index in [9.17, 15) is 0 Å². The Morgan fingerprint density at radius 1 is 0.365 bits per heavy atom. The molecule has 4 aromatic carbocycles. The Kier molecular flexibility index (Phi) is 8.83. The summed E-state index contributed by atoms with van der Waals surface area (Å²) in [5.41, 5.74) is 19.3. The van der Waals surface area contributed by atoms with Crippen LogP contribution in [-0.2, 0) is 7.53 Å². The van der Waals surface area contributed by atoms with Gasteiger partial charge >= 0.3 is 322 Å². The minimum absolute atomic E-state index is 0.152. The van der Waals surface area contributed by atoms with Gasteiger partial charge in [-0.25, -0.2) is 0 Å². The molecule has 2 aliphatic heterocycles. The molecule has 0 saturated carbocycles. The van der Waals surface area contributed by atoms with E-state index >= 15 is 0 Å². The number of benzene rings is 4. The number of hydrogen-bond acceptors (Lipinski definition) is 2. The first-order chi connectivity index (χ1) is 24.2. The molecule has 4 aromatic rings. The molecule has 0 radical (unpaired) electrons. The summed E-state index contributed by atoms with van der Waals surface area (Å²) in [6.07, 6.45) is 1.67. The summed E-state index contributed by atoms with van der Waals surface area (Å²) < 4.78 is 21.8. The predicted octanol–water partition coefficient (Wildman–Crippen LogP) is 10.1. The maximum atomic E-state index is 8.05. The SMILES string of the molecule is Cc1cc(C)[c]([Ge]2([c]3c(C)cc(C)cc3C)[O]C3=C(CC4=C(C3)[C](C)(C)[Ge]([c]3c(C)cc(C)cc3C)([c]3c(C)cc(C)cc3C)[O]4)[C]2(C)C)c(C)c1. The van der Waals surface area contributed by atoms with Crippen molar-refractivity contribution in [3.05, 3.63) is 138 Å². The summed E-state index contributed by atoms with van der Waals surface area (Å²) in [7, 11) is 0. The van der Waals surface area contributed by atoms with Crippen molar-refractivity contribution >= 4 is 44.8 Å². The van der Waals surface area contributed by atoms with Crippen LogP contribution in [0, 0.1) is 83.1 Å². The Morgan fingerprint density at radius 2 is 0.558 bits per heavy atom. The van der Waals surface area contributed by atoms with Crippen molar-refractivity contribution in [3.8, 4) is 0 Å². The van der Waals surface area contributed by atoms with E-state index in [-0.39, 0.29) is 8.49 Å². The zero-order valence-electron chi connectivity index (χ0n) is 34.8. The molecule has 2 heterocycles. The van der Waals surface area contributed by atoms with Crippen LogP contribution >= 0.6 is 0 Å². The first kappa shape index (κ1) is 37.4. The van der Waals surface area contributed by atoms with Gasteiger partial charge in [0.05, 0.1) is 0 Å². The number of aryl methyl sites for hydroxylation is 12. The van der Waals surface area contributed by atoms with Crippen LogP contribution in [0.1, 0.15) is 107 Å². The molecule has 0 saturated heterocycles. The Labute approximate surface area is 320 Å². The number of rotatable bonds is 4. The monoisotopic (exact) mass is 816 g/mol. The van der Waals surface area contributed by atoms with E-state index < -0.39 is 27.2 Å². The first-order valence-electron chi connectivity index (χ1n) is 19.3. The van der Waals surface area contributed by atoms with Crippen LogP contribution in [0.25, 0.3) is 0 Å². The van der Waals surface area contributed by atoms with Gasteiger partial charge in [-0.2, -0.15) is 0 Å². The van der Waals surface area contributed by atoms with Crippen molar-refractivity contribution in [1.82, 2.24) is 0 Å². The zero-order valence-corrected chi connectivity index (χ0v) is 39.0. The summed E-state index contributed by atoms with van der Waals surface area (Å²) in [6, 6.07) is 19.2. The van der Waals surface area contributed by atoms with Gasteiger partial charge < -0.3 is 0 Å².